The van der Waals surface area contributed by atoms with Crippen LogP contribution in [0, 0.1) is 0 Å². The second kappa shape index (κ2) is 10.8. The van der Waals surface area contributed by atoms with Crippen LogP contribution < -0.4 is 14.8 Å². The lowest BCUT2D eigenvalue weighted by Crippen LogP contribution is -2.17. The number of nitrogens with one attached hydrogen (secondary N) is 1. The van der Waals surface area contributed by atoms with Gasteiger partial charge in [-0.1, -0.05) is 24.2 Å². The molecule has 0 aromatic heterocycles. The summed E-state index contributed by atoms with van der Waals surface area (Å²) in [5.41, 5.74) is 1.47. The first kappa shape index (κ1) is 19.3. The Labute approximate surface area is 153 Å². The van der Waals surface area contributed by atoms with E-state index in [0.717, 1.165) is 17.7 Å². The van der Waals surface area contributed by atoms with Crippen molar-refractivity contribution in [2.75, 3.05) is 25.1 Å². The highest BCUT2D eigenvalue weighted by Gasteiger charge is 2.07. The molecule has 1 N–H and O–H groups in total. The third kappa shape index (κ3) is 6.47. The Kier molecular flexibility index (Phi) is 7.99. The van der Waals surface area contributed by atoms with Gasteiger partial charge in [-0.25, -0.2) is 0 Å². The average molecular weight is 356 g/mol. The van der Waals surface area contributed by atoms with E-state index in [9.17, 15) is 4.79 Å². The number of benzene rings is 2. The molecule has 0 bridgehead atoms. The third-order valence-corrected chi connectivity index (χ3v) is 3.29. The van der Waals surface area contributed by atoms with E-state index in [1.165, 1.54) is 0 Å². The van der Waals surface area contributed by atoms with Crippen LogP contribution in [0.5, 0.6) is 11.5 Å². The maximum absolute atomic E-state index is 12.0. The quantitative estimate of drug-likeness (QED) is 0.518. The van der Waals surface area contributed by atoms with Gasteiger partial charge in [-0.05, 0) is 55.3 Å². The van der Waals surface area contributed by atoms with Crippen LogP contribution in [0.25, 0.3) is 0 Å². The number of anilines is 1. The number of ether oxygens (including phenoxy) is 2. The molecule has 0 aliphatic heterocycles. The molecule has 0 spiro atoms. The van der Waals surface area contributed by atoms with E-state index in [1.54, 1.807) is 12.3 Å². The molecule has 2 aromatic rings. The van der Waals surface area contributed by atoms with Crippen molar-refractivity contribution in [2.45, 2.75) is 20.3 Å². The maximum Gasteiger partial charge on any atom is 0.265 e. The zero-order chi connectivity index (χ0) is 18.6. The second-order valence-corrected chi connectivity index (χ2v) is 5.40. The predicted octanol–water partition coefficient (Wildman–Crippen LogP) is 3.86. The molecule has 0 unspecified atom stereocenters. The topological polar surface area (TPSA) is 69.2 Å². The summed E-state index contributed by atoms with van der Waals surface area (Å²) < 4.78 is 11.0. The first-order valence-corrected chi connectivity index (χ1v) is 8.62. The number of carbonyl (C=O) groups excluding carboxylic acids is 1. The lowest BCUT2D eigenvalue weighted by molar-refractivity contribution is -0.120. The lowest BCUT2D eigenvalue weighted by Gasteiger charge is -2.11. The molecule has 2 aromatic carbocycles. The zero-order valence-corrected chi connectivity index (χ0v) is 15.1. The summed E-state index contributed by atoms with van der Waals surface area (Å²) in [4.78, 5) is 17.0. The van der Waals surface area contributed by atoms with Gasteiger partial charge in [0.1, 0.15) is 11.5 Å². The Balaban J connectivity index is 1.80. The molecule has 1 amide bonds. The minimum atomic E-state index is -0.304. The minimum Gasteiger partial charge on any atom is -0.494 e. The van der Waals surface area contributed by atoms with E-state index < -0.39 is 0 Å². The summed E-state index contributed by atoms with van der Waals surface area (Å²) in [5, 5.41) is 6.57. The van der Waals surface area contributed by atoms with Crippen molar-refractivity contribution in [2.24, 2.45) is 5.16 Å². The molecule has 0 saturated carbocycles. The van der Waals surface area contributed by atoms with E-state index in [2.05, 4.69) is 10.5 Å². The van der Waals surface area contributed by atoms with Crippen molar-refractivity contribution in [1.29, 1.82) is 0 Å². The van der Waals surface area contributed by atoms with Gasteiger partial charge in [-0.3, -0.25) is 4.79 Å². The van der Waals surface area contributed by atoms with Crippen molar-refractivity contribution in [3.63, 3.8) is 0 Å². The molecular weight excluding hydrogens is 332 g/mol. The van der Waals surface area contributed by atoms with Crippen LogP contribution in [-0.2, 0) is 9.63 Å². The summed E-state index contributed by atoms with van der Waals surface area (Å²) in [6.07, 6.45) is 2.44. The van der Waals surface area contributed by atoms with Crippen LogP contribution in [0.2, 0.25) is 0 Å². The van der Waals surface area contributed by atoms with Gasteiger partial charge in [0.15, 0.2) is 6.61 Å². The van der Waals surface area contributed by atoms with Crippen molar-refractivity contribution in [3.05, 3.63) is 54.1 Å². The molecule has 26 heavy (non-hydrogen) atoms. The Hall–Kier alpha value is -3.02. The largest absolute Gasteiger partial charge is 0.494 e. The molecule has 0 aliphatic carbocycles. The fourth-order valence-corrected chi connectivity index (χ4v) is 2.10. The highest BCUT2D eigenvalue weighted by molar-refractivity contribution is 5.93. The Morgan fingerprint density at radius 1 is 1.08 bits per heavy atom. The number of rotatable bonds is 10. The summed E-state index contributed by atoms with van der Waals surface area (Å²) >= 11 is 0. The molecule has 0 saturated heterocycles. The maximum atomic E-state index is 12.0. The number of oxime groups is 1. The van der Waals surface area contributed by atoms with E-state index in [-0.39, 0.29) is 12.5 Å². The number of nitrogens with zero attached hydrogens (tertiary/aromatic N) is 1. The van der Waals surface area contributed by atoms with E-state index >= 15 is 0 Å². The smallest absolute Gasteiger partial charge is 0.265 e. The highest BCUT2D eigenvalue weighted by atomic mass is 16.6. The van der Waals surface area contributed by atoms with Gasteiger partial charge >= 0.3 is 0 Å². The summed E-state index contributed by atoms with van der Waals surface area (Å²) in [5.74, 6) is 1.14. The number of carbonyl (C=O) groups is 1. The average Bonchev–Trinajstić information content (AvgIpc) is 2.66. The number of para-hydroxylation sites is 2. The van der Waals surface area contributed by atoms with Gasteiger partial charge in [0.2, 0.25) is 0 Å². The second-order valence-electron chi connectivity index (χ2n) is 5.40. The SMILES string of the molecule is CCCOc1ccccc1NC(=O)CO/N=C/c1ccc(OCC)cc1. The molecule has 0 atom stereocenters. The molecule has 0 fully saturated rings. The number of hydrogen-bond acceptors (Lipinski definition) is 5. The molecule has 6 heteroatoms. The molecule has 2 rings (SSSR count). The van der Waals surface area contributed by atoms with Gasteiger partial charge in [-0.2, -0.15) is 0 Å². The zero-order valence-electron chi connectivity index (χ0n) is 15.1. The molecule has 138 valence electrons. The van der Waals surface area contributed by atoms with Crippen molar-refractivity contribution >= 4 is 17.8 Å². The van der Waals surface area contributed by atoms with Crippen LogP contribution in [-0.4, -0.2) is 31.9 Å². The number of amides is 1. The van der Waals surface area contributed by atoms with E-state index in [1.807, 2.05) is 56.3 Å². The number of hydrogen-bond donors (Lipinski definition) is 1. The van der Waals surface area contributed by atoms with Gasteiger partial charge in [0.25, 0.3) is 5.91 Å². The third-order valence-electron chi connectivity index (χ3n) is 3.29. The van der Waals surface area contributed by atoms with Crippen LogP contribution in [0.15, 0.2) is 53.7 Å². The van der Waals surface area contributed by atoms with Gasteiger partial charge in [-0.15, -0.1) is 0 Å². The summed E-state index contributed by atoms with van der Waals surface area (Å²) in [7, 11) is 0. The molecule has 0 heterocycles. The van der Waals surface area contributed by atoms with Gasteiger partial charge in [0.05, 0.1) is 25.1 Å². The van der Waals surface area contributed by atoms with Gasteiger partial charge in [0, 0.05) is 0 Å². The molecule has 0 radical (unpaired) electrons. The van der Waals surface area contributed by atoms with Gasteiger partial charge < -0.3 is 19.6 Å². The normalized spacial score (nSPS) is 10.5. The van der Waals surface area contributed by atoms with Crippen molar-refractivity contribution in [3.8, 4) is 11.5 Å². The molecular formula is C20H24N2O4. The van der Waals surface area contributed by atoms with Crippen molar-refractivity contribution < 1.29 is 19.1 Å². The predicted molar refractivity (Wildman–Crippen MR) is 102 cm³/mol. The first-order chi connectivity index (χ1) is 12.7. The Morgan fingerprint density at radius 2 is 1.85 bits per heavy atom. The highest BCUT2D eigenvalue weighted by Crippen LogP contribution is 2.23. The summed E-state index contributed by atoms with van der Waals surface area (Å²) in [6.45, 7) is 4.99. The summed E-state index contributed by atoms with van der Waals surface area (Å²) in [6, 6.07) is 14.7. The van der Waals surface area contributed by atoms with Crippen LogP contribution in [0.1, 0.15) is 25.8 Å². The monoisotopic (exact) mass is 356 g/mol. The van der Waals surface area contributed by atoms with Crippen LogP contribution >= 0.6 is 0 Å². The molecule has 6 nitrogen and oxygen atoms in total. The fraction of sp³-hybridized carbons (Fsp3) is 0.300. The first-order valence-electron chi connectivity index (χ1n) is 8.62. The molecule has 0 aliphatic rings. The minimum absolute atomic E-state index is 0.185. The van der Waals surface area contributed by atoms with Crippen molar-refractivity contribution in [1.82, 2.24) is 0 Å². The lowest BCUT2D eigenvalue weighted by atomic mass is 10.2. The van der Waals surface area contributed by atoms with E-state index in [0.29, 0.717) is 24.7 Å². The van der Waals surface area contributed by atoms with Crippen LogP contribution in [0.4, 0.5) is 5.69 Å². The Bertz CT molecular complexity index is 714. The fourth-order valence-electron chi connectivity index (χ4n) is 2.10. The standard InChI is InChI=1S/C20H24N2O4/c1-3-13-25-19-8-6-5-7-18(19)22-20(23)15-26-21-14-16-9-11-17(12-10-16)24-4-2/h5-12,14H,3-4,13,15H2,1-2H3,(H,22,23)/b21-14+. The van der Waals surface area contributed by atoms with E-state index in [4.69, 9.17) is 14.3 Å². The van der Waals surface area contributed by atoms with Crippen LogP contribution in [0.3, 0.4) is 0 Å². The Morgan fingerprint density at radius 3 is 2.58 bits per heavy atom.